The molecule has 3 rings (SSSR count). The summed E-state index contributed by atoms with van der Waals surface area (Å²) in [5.74, 6) is 0.589. The minimum Gasteiger partial charge on any atom is -0.307 e. The number of carbonyl (C=O) groups is 1. The van der Waals surface area contributed by atoms with Gasteiger partial charge in [0, 0.05) is 26.2 Å². The Balaban J connectivity index is 1.75. The molecule has 4 nitrogen and oxygen atoms in total. The molecule has 7 heteroatoms. The number of rotatable bonds is 4. The zero-order valence-electron chi connectivity index (χ0n) is 10.2. The fourth-order valence-electron chi connectivity index (χ4n) is 1.73. The maximum absolute atomic E-state index is 12.0. The van der Waals surface area contributed by atoms with Crippen LogP contribution in [-0.4, -0.2) is 15.7 Å². The standard InChI is InChI=1S/C13H10BrN3OS2/c14-10-5-11(20-8-10)6-17-12(1-3-15-17)16-13(18)9-2-4-19-7-9/h1-5,7-8H,6H2,(H,16,18). The van der Waals surface area contributed by atoms with Crippen LogP contribution in [0.2, 0.25) is 0 Å². The molecule has 3 heterocycles. The molecule has 1 N–H and O–H groups in total. The van der Waals surface area contributed by atoms with Crippen molar-refractivity contribution < 1.29 is 4.79 Å². The van der Waals surface area contributed by atoms with E-state index >= 15 is 0 Å². The van der Waals surface area contributed by atoms with Gasteiger partial charge in [0.2, 0.25) is 0 Å². The van der Waals surface area contributed by atoms with Gasteiger partial charge in [0.05, 0.1) is 18.3 Å². The van der Waals surface area contributed by atoms with Gasteiger partial charge in [-0.3, -0.25) is 4.79 Å². The van der Waals surface area contributed by atoms with Gasteiger partial charge < -0.3 is 5.32 Å². The number of anilines is 1. The highest BCUT2D eigenvalue weighted by Crippen LogP contribution is 2.22. The Morgan fingerprint density at radius 1 is 1.40 bits per heavy atom. The molecule has 20 heavy (non-hydrogen) atoms. The Hall–Kier alpha value is -1.44. The molecule has 3 aromatic rings. The number of nitrogens with zero attached hydrogens (tertiary/aromatic N) is 2. The number of thiophene rings is 2. The molecule has 0 spiro atoms. The highest BCUT2D eigenvalue weighted by molar-refractivity contribution is 9.10. The van der Waals surface area contributed by atoms with Crippen molar-refractivity contribution in [2.75, 3.05) is 5.32 Å². The van der Waals surface area contributed by atoms with E-state index in [1.165, 1.54) is 16.2 Å². The third kappa shape index (κ3) is 3.00. The largest absolute Gasteiger partial charge is 0.307 e. The van der Waals surface area contributed by atoms with Crippen molar-refractivity contribution in [3.05, 3.63) is 55.4 Å². The molecule has 0 aliphatic rings. The van der Waals surface area contributed by atoms with Crippen molar-refractivity contribution in [2.45, 2.75) is 6.54 Å². The van der Waals surface area contributed by atoms with Gasteiger partial charge in [0.25, 0.3) is 5.91 Å². The first-order valence-corrected chi connectivity index (χ1v) is 8.42. The van der Waals surface area contributed by atoms with Crippen LogP contribution in [0.25, 0.3) is 0 Å². The fraction of sp³-hybridized carbons (Fsp3) is 0.0769. The summed E-state index contributed by atoms with van der Waals surface area (Å²) in [7, 11) is 0. The average Bonchev–Trinajstić information content (AvgIpc) is 3.13. The van der Waals surface area contributed by atoms with E-state index in [9.17, 15) is 4.79 Å². The van der Waals surface area contributed by atoms with E-state index in [2.05, 4.69) is 32.4 Å². The molecule has 0 saturated heterocycles. The van der Waals surface area contributed by atoms with Crippen LogP contribution < -0.4 is 5.32 Å². The second-order valence-corrected chi connectivity index (χ2v) is 6.76. The maximum atomic E-state index is 12.0. The molecular formula is C13H10BrN3OS2. The normalized spacial score (nSPS) is 10.7. The highest BCUT2D eigenvalue weighted by Gasteiger charge is 2.10. The fourth-order valence-corrected chi connectivity index (χ4v) is 3.80. The van der Waals surface area contributed by atoms with Crippen LogP contribution in [0.4, 0.5) is 5.82 Å². The van der Waals surface area contributed by atoms with Crippen LogP contribution in [0.1, 0.15) is 15.2 Å². The van der Waals surface area contributed by atoms with E-state index in [-0.39, 0.29) is 5.91 Å². The SMILES string of the molecule is O=C(Nc1ccnn1Cc1cc(Br)cs1)c1ccsc1. The highest BCUT2D eigenvalue weighted by atomic mass is 79.9. The number of hydrogen-bond acceptors (Lipinski definition) is 4. The van der Waals surface area contributed by atoms with Gasteiger partial charge in [-0.2, -0.15) is 16.4 Å². The van der Waals surface area contributed by atoms with Gasteiger partial charge in [-0.15, -0.1) is 11.3 Å². The number of nitrogens with one attached hydrogen (secondary N) is 1. The Morgan fingerprint density at radius 3 is 3.00 bits per heavy atom. The lowest BCUT2D eigenvalue weighted by Crippen LogP contribution is -2.15. The Morgan fingerprint density at radius 2 is 2.30 bits per heavy atom. The van der Waals surface area contributed by atoms with Crippen molar-refractivity contribution in [2.24, 2.45) is 0 Å². The van der Waals surface area contributed by atoms with Crippen LogP contribution in [0.15, 0.2) is 45.0 Å². The van der Waals surface area contributed by atoms with Crippen LogP contribution in [0, 0.1) is 0 Å². The van der Waals surface area contributed by atoms with E-state index in [1.54, 1.807) is 34.3 Å². The lowest BCUT2D eigenvalue weighted by Gasteiger charge is -2.07. The Kier molecular flexibility index (Phi) is 4.00. The Labute approximate surface area is 132 Å². The Bertz CT molecular complexity index is 718. The van der Waals surface area contributed by atoms with Gasteiger partial charge in [0.1, 0.15) is 5.82 Å². The molecule has 0 atom stereocenters. The quantitative estimate of drug-likeness (QED) is 0.755. The molecule has 0 saturated carbocycles. The molecule has 0 aliphatic carbocycles. The number of amides is 1. The summed E-state index contributed by atoms with van der Waals surface area (Å²) >= 11 is 6.59. The van der Waals surface area contributed by atoms with Crippen molar-refractivity contribution in [3.63, 3.8) is 0 Å². The zero-order chi connectivity index (χ0) is 13.9. The van der Waals surface area contributed by atoms with Gasteiger partial charge in [-0.25, -0.2) is 4.68 Å². The van der Waals surface area contributed by atoms with E-state index < -0.39 is 0 Å². The predicted octanol–water partition coefficient (Wildman–Crippen LogP) is 4.07. The summed E-state index contributed by atoms with van der Waals surface area (Å²) in [6.07, 6.45) is 1.69. The first-order chi connectivity index (χ1) is 9.72. The number of halogens is 1. The van der Waals surface area contributed by atoms with Crippen LogP contribution in [-0.2, 0) is 6.54 Å². The van der Waals surface area contributed by atoms with E-state index in [4.69, 9.17) is 0 Å². The first kappa shape index (κ1) is 13.5. The maximum Gasteiger partial charge on any atom is 0.257 e. The molecule has 102 valence electrons. The third-order valence-corrected chi connectivity index (χ3v) is 5.03. The molecule has 0 fully saturated rings. The van der Waals surface area contributed by atoms with Crippen LogP contribution >= 0.6 is 38.6 Å². The molecular weight excluding hydrogens is 358 g/mol. The lowest BCUT2D eigenvalue weighted by atomic mass is 10.3. The molecule has 0 unspecified atom stereocenters. The minimum atomic E-state index is -0.111. The molecule has 0 bridgehead atoms. The van der Waals surface area contributed by atoms with Crippen molar-refractivity contribution in [3.8, 4) is 0 Å². The van der Waals surface area contributed by atoms with Crippen molar-refractivity contribution >= 4 is 50.3 Å². The van der Waals surface area contributed by atoms with E-state index in [0.717, 1.165) is 4.47 Å². The monoisotopic (exact) mass is 367 g/mol. The van der Waals surface area contributed by atoms with E-state index in [0.29, 0.717) is 17.9 Å². The minimum absolute atomic E-state index is 0.111. The van der Waals surface area contributed by atoms with Crippen molar-refractivity contribution in [1.29, 1.82) is 0 Å². The van der Waals surface area contributed by atoms with Gasteiger partial charge in [0.15, 0.2) is 0 Å². The average molecular weight is 368 g/mol. The van der Waals surface area contributed by atoms with Gasteiger partial charge in [-0.05, 0) is 33.4 Å². The third-order valence-electron chi connectivity index (χ3n) is 2.67. The summed E-state index contributed by atoms with van der Waals surface area (Å²) in [6, 6.07) is 5.65. The summed E-state index contributed by atoms with van der Waals surface area (Å²) in [5.41, 5.74) is 0.668. The smallest absolute Gasteiger partial charge is 0.257 e. The van der Waals surface area contributed by atoms with Crippen LogP contribution in [0.3, 0.4) is 0 Å². The number of hydrogen-bond donors (Lipinski definition) is 1. The summed E-state index contributed by atoms with van der Waals surface area (Å²) in [5, 5.41) is 12.9. The molecule has 0 aromatic carbocycles. The molecule has 0 aliphatic heterocycles. The summed E-state index contributed by atoms with van der Waals surface area (Å²) in [6.45, 7) is 0.641. The van der Waals surface area contributed by atoms with E-state index in [1.807, 2.05) is 16.1 Å². The van der Waals surface area contributed by atoms with Gasteiger partial charge in [-0.1, -0.05) is 0 Å². The molecule has 3 aromatic heterocycles. The van der Waals surface area contributed by atoms with Crippen LogP contribution in [0.5, 0.6) is 0 Å². The second kappa shape index (κ2) is 5.90. The molecule has 1 amide bonds. The first-order valence-electron chi connectivity index (χ1n) is 5.80. The topological polar surface area (TPSA) is 46.9 Å². The molecule has 0 radical (unpaired) electrons. The number of aromatic nitrogens is 2. The predicted molar refractivity (Wildman–Crippen MR) is 85.6 cm³/mol. The number of carbonyl (C=O) groups excluding carboxylic acids is 1. The second-order valence-electron chi connectivity index (χ2n) is 4.07. The summed E-state index contributed by atoms with van der Waals surface area (Å²) in [4.78, 5) is 13.2. The van der Waals surface area contributed by atoms with Gasteiger partial charge >= 0.3 is 0 Å². The van der Waals surface area contributed by atoms with Crippen molar-refractivity contribution in [1.82, 2.24) is 9.78 Å². The summed E-state index contributed by atoms with van der Waals surface area (Å²) < 4.78 is 2.84. The zero-order valence-corrected chi connectivity index (χ0v) is 13.5. The lowest BCUT2D eigenvalue weighted by molar-refractivity contribution is 0.102.